The summed E-state index contributed by atoms with van der Waals surface area (Å²) in [5.41, 5.74) is 0.959. The number of fused-ring (bicyclic) bond motifs is 1. The lowest BCUT2D eigenvalue weighted by atomic mass is 10.1. The number of allylic oxidation sites excluding steroid dienone is 1. The molecule has 2 heterocycles. The molecule has 1 aliphatic carbocycles. The number of aromatic nitrogens is 2. The SMILES string of the molecule is O=S(=O)(Nc1cc(Cl)ccc1[S+]([O-])Cc1ncccn1)c1cc2c(o1)C=CCC2. The van der Waals surface area contributed by atoms with Crippen LogP contribution < -0.4 is 4.72 Å². The number of anilines is 1. The Balaban J connectivity index is 1.63. The van der Waals surface area contributed by atoms with Gasteiger partial charge in [0, 0.05) is 23.5 Å². The molecule has 0 fully saturated rings. The monoisotopic (exact) mass is 449 g/mol. The molecule has 4 rings (SSSR count). The molecule has 0 spiro atoms. The van der Waals surface area contributed by atoms with Crippen LogP contribution in [0.3, 0.4) is 0 Å². The maximum absolute atomic E-state index is 12.9. The summed E-state index contributed by atoms with van der Waals surface area (Å²) in [6.45, 7) is 0. The molecular formula is C19H16ClN3O4S2. The van der Waals surface area contributed by atoms with Gasteiger partial charge in [-0.25, -0.2) is 9.97 Å². The summed E-state index contributed by atoms with van der Waals surface area (Å²) in [6.07, 6.45) is 8.35. The summed E-state index contributed by atoms with van der Waals surface area (Å²) in [7, 11) is -4.03. The summed E-state index contributed by atoms with van der Waals surface area (Å²) in [5.74, 6) is 0.963. The molecule has 0 aliphatic heterocycles. The molecule has 0 saturated heterocycles. The van der Waals surface area contributed by atoms with E-state index in [-0.39, 0.29) is 21.4 Å². The third-order valence-electron chi connectivity index (χ3n) is 4.24. The van der Waals surface area contributed by atoms with Crippen LogP contribution in [0.4, 0.5) is 5.69 Å². The third kappa shape index (κ3) is 4.48. The highest BCUT2D eigenvalue weighted by Crippen LogP contribution is 2.31. The van der Waals surface area contributed by atoms with Gasteiger partial charge < -0.3 is 8.97 Å². The highest BCUT2D eigenvalue weighted by molar-refractivity contribution is 7.93. The highest BCUT2D eigenvalue weighted by Gasteiger charge is 2.26. The average Bonchev–Trinajstić information content (AvgIpc) is 3.14. The van der Waals surface area contributed by atoms with E-state index in [9.17, 15) is 13.0 Å². The normalized spacial score (nSPS) is 14.4. The number of hydrogen-bond acceptors (Lipinski definition) is 6. The molecule has 150 valence electrons. The zero-order chi connectivity index (χ0) is 20.4. The van der Waals surface area contributed by atoms with Crippen LogP contribution in [0.25, 0.3) is 6.08 Å². The summed E-state index contributed by atoms with van der Waals surface area (Å²) in [6, 6.07) is 7.66. The molecule has 1 aliphatic rings. The van der Waals surface area contributed by atoms with Gasteiger partial charge >= 0.3 is 0 Å². The van der Waals surface area contributed by atoms with E-state index in [1.54, 1.807) is 30.6 Å². The van der Waals surface area contributed by atoms with Crippen molar-refractivity contribution in [2.75, 3.05) is 4.72 Å². The lowest BCUT2D eigenvalue weighted by molar-refractivity contribution is 0.443. The molecule has 1 aromatic carbocycles. The van der Waals surface area contributed by atoms with Gasteiger partial charge in [0.05, 0.1) is 0 Å². The first kappa shape index (κ1) is 20.0. The first-order chi connectivity index (χ1) is 13.9. The topological polar surface area (TPSA) is 108 Å². The van der Waals surface area contributed by atoms with E-state index in [2.05, 4.69) is 14.7 Å². The van der Waals surface area contributed by atoms with Crippen molar-refractivity contribution in [1.82, 2.24) is 9.97 Å². The van der Waals surface area contributed by atoms with Crippen molar-refractivity contribution in [3.63, 3.8) is 0 Å². The summed E-state index contributed by atoms with van der Waals surface area (Å²) < 4.78 is 46.5. The molecule has 0 bridgehead atoms. The molecule has 3 aromatic rings. The molecule has 29 heavy (non-hydrogen) atoms. The maximum Gasteiger partial charge on any atom is 0.295 e. The fourth-order valence-corrected chi connectivity index (χ4v) is 5.30. The van der Waals surface area contributed by atoms with Gasteiger partial charge in [-0.2, -0.15) is 8.42 Å². The van der Waals surface area contributed by atoms with Crippen molar-refractivity contribution in [2.24, 2.45) is 0 Å². The largest absolute Gasteiger partial charge is 0.611 e. The average molecular weight is 450 g/mol. The van der Waals surface area contributed by atoms with E-state index in [4.69, 9.17) is 16.0 Å². The van der Waals surface area contributed by atoms with Crippen LogP contribution in [0.1, 0.15) is 23.6 Å². The summed E-state index contributed by atoms with van der Waals surface area (Å²) in [4.78, 5) is 8.40. The smallest absolute Gasteiger partial charge is 0.295 e. The van der Waals surface area contributed by atoms with Gasteiger partial charge in [0.25, 0.3) is 10.0 Å². The van der Waals surface area contributed by atoms with Crippen LogP contribution in [0.2, 0.25) is 5.02 Å². The van der Waals surface area contributed by atoms with Crippen molar-refractivity contribution in [2.45, 2.75) is 28.6 Å². The lowest BCUT2D eigenvalue weighted by Crippen LogP contribution is -2.16. The van der Waals surface area contributed by atoms with E-state index in [0.29, 0.717) is 23.0 Å². The molecule has 10 heteroatoms. The number of nitrogens with one attached hydrogen (secondary N) is 1. The fraction of sp³-hybridized carbons (Fsp3) is 0.158. The van der Waals surface area contributed by atoms with Gasteiger partial charge in [0.2, 0.25) is 5.09 Å². The van der Waals surface area contributed by atoms with Crippen LogP contribution in [0.5, 0.6) is 0 Å². The van der Waals surface area contributed by atoms with Crippen molar-refractivity contribution in [1.29, 1.82) is 0 Å². The van der Waals surface area contributed by atoms with E-state index in [1.165, 1.54) is 18.2 Å². The number of hydrogen-bond donors (Lipinski definition) is 1. The van der Waals surface area contributed by atoms with Crippen LogP contribution in [-0.4, -0.2) is 22.9 Å². The minimum absolute atomic E-state index is 0.0387. The van der Waals surface area contributed by atoms with Crippen LogP contribution in [0, 0.1) is 0 Å². The zero-order valence-corrected chi connectivity index (χ0v) is 17.4. The van der Waals surface area contributed by atoms with Gasteiger partial charge in [-0.15, -0.1) is 0 Å². The number of rotatable bonds is 6. The van der Waals surface area contributed by atoms with Gasteiger partial charge in [0.1, 0.15) is 11.4 Å². The number of nitrogens with zero attached hydrogens (tertiary/aromatic N) is 2. The lowest BCUT2D eigenvalue weighted by Gasteiger charge is -2.15. The Morgan fingerprint density at radius 3 is 2.79 bits per heavy atom. The van der Waals surface area contributed by atoms with E-state index in [1.807, 2.05) is 6.08 Å². The third-order valence-corrected chi connectivity index (χ3v) is 7.07. The van der Waals surface area contributed by atoms with E-state index in [0.717, 1.165) is 12.0 Å². The van der Waals surface area contributed by atoms with Crippen LogP contribution >= 0.6 is 11.6 Å². The van der Waals surface area contributed by atoms with Gasteiger partial charge in [-0.05, 0) is 59.9 Å². The van der Waals surface area contributed by atoms with Gasteiger partial charge in [-0.1, -0.05) is 17.7 Å². The fourth-order valence-electron chi connectivity index (χ4n) is 2.89. The summed E-state index contributed by atoms with van der Waals surface area (Å²) in [5, 5.41) is 0.109. The number of aryl methyl sites for hydroxylation is 1. The van der Waals surface area contributed by atoms with Crippen LogP contribution in [0.15, 0.2) is 63.2 Å². The Kier molecular flexibility index (Phi) is 5.64. The second-order valence-electron chi connectivity index (χ2n) is 6.30. The Bertz CT molecular complexity index is 1160. The molecular weight excluding hydrogens is 434 g/mol. The number of benzene rings is 1. The molecule has 1 N–H and O–H groups in total. The second-order valence-corrected chi connectivity index (χ2v) is 9.77. The van der Waals surface area contributed by atoms with Crippen molar-refractivity contribution < 1.29 is 17.4 Å². The minimum Gasteiger partial charge on any atom is -0.611 e. The van der Waals surface area contributed by atoms with Crippen LogP contribution in [-0.2, 0) is 33.4 Å². The van der Waals surface area contributed by atoms with Crippen molar-refractivity contribution in [3.05, 3.63) is 71.0 Å². The highest BCUT2D eigenvalue weighted by atomic mass is 35.5. The molecule has 1 unspecified atom stereocenters. The van der Waals surface area contributed by atoms with E-state index < -0.39 is 21.2 Å². The number of halogens is 1. The Morgan fingerprint density at radius 1 is 1.24 bits per heavy atom. The van der Waals surface area contributed by atoms with E-state index >= 15 is 0 Å². The van der Waals surface area contributed by atoms with Gasteiger partial charge in [0.15, 0.2) is 16.5 Å². The van der Waals surface area contributed by atoms with Crippen molar-refractivity contribution >= 4 is 44.6 Å². The first-order valence-corrected chi connectivity index (χ1v) is 11.9. The molecule has 2 aromatic heterocycles. The molecule has 7 nitrogen and oxygen atoms in total. The Hall–Kier alpha value is -2.33. The minimum atomic E-state index is -4.03. The van der Waals surface area contributed by atoms with Gasteiger partial charge in [-0.3, -0.25) is 4.72 Å². The Labute approximate surface area is 176 Å². The van der Waals surface area contributed by atoms with Crippen molar-refractivity contribution in [3.8, 4) is 0 Å². The molecule has 1 atom stereocenters. The quantitative estimate of drug-likeness (QED) is 0.573. The predicted molar refractivity (Wildman–Crippen MR) is 110 cm³/mol. The maximum atomic E-state index is 12.9. The molecule has 0 amide bonds. The zero-order valence-electron chi connectivity index (χ0n) is 15.0. The summed E-state index contributed by atoms with van der Waals surface area (Å²) >= 11 is 4.46. The second kappa shape index (κ2) is 8.19. The first-order valence-electron chi connectivity index (χ1n) is 8.68. The molecule has 0 saturated carbocycles. The standard InChI is InChI=1S/C19H16ClN3O4S2/c20-14-6-7-17(28(24)12-18-21-8-3-9-22-18)15(11-14)23-29(25,26)19-10-13-4-1-2-5-16(13)27-19/h2-3,5-11,23H,1,4,12H2. The Morgan fingerprint density at radius 2 is 2.03 bits per heavy atom. The number of furan rings is 1. The predicted octanol–water partition coefficient (Wildman–Crippen LogP) is 3.79. The molecule has 0 radical (unpaired) electrons. The number of sulfonamides is 1.